The van der Waals surface area contributed by atoms with Crippen LogP contribution in [0.15, 0.2) is 30.3 Å². The Hall–Kier alpha value is 0.209. The molecule has 0 heterocycles. The van der Waals surface area contributed by atoms with Crippen molar-refractivity contribution in [3.05, 3.63) is 35.9 Å². The number of carboxylic acids is 1. The van der Waals surface area contributed by atoms with E-state index < -0.39 is 5.97 Å². The Morgan fingerprint density at radius 3 is 2.17 bits per heavy atom. The molecule has 0 saturated carbocycles. The quantitative estimate of drug-likeness (QED) is 0.725. The molecule has 0 spiro atoms. The van der Waals surface area contributed by atoms with Crippen LogP contribution in [0.25, 0.3) is 0 Å². The second kappa shape index (κ2) is 7.84. The molecule has 0 aliphatic carbocycles. The van der Waals surface area contributed by atoms with Gasteiger partial charge in [-0.2, -0.15) is 0 Å². The molecule has 0 fully saturated rings. The Bertz CT molecular complexity index is 226. The van der Waals surface area contributed by atoms with Gasteiger partial charge in [-0.05, 0) is 5.56 Å². The van der Waals surface area contributed by atoms with Gasteiger partial charge in [0.25, 0.3) is 0 Å². The van der Waals surface area contributed by atoms with Gasteiger partial charge in [-0.15, -0.1) is 0 Å². The molecule has 0 bridgehead atoms. The number of rotatable bonds is 2. The van der Waals surface area contributed by atoms with Crippen molar-refractivity contribution in [1.82, 2.24) is 0 Å². The number of benzene rings is 1. The van der Waals surface area contributed by atoms with Gasteiger partial charge in [0.05, 0.1) is 6.42 Å². The molecule has 12 heavy (non-hydrogen) atoms. The summed E-state index contributed by atoms with van der Waals surface area (Å²) in [5.74, 6) is -0.786. The molecule has 1 rings (SSSR count). The van der Waals surface area contributed by atoms with Crippen molar-refractivity contribution in [2.75, 3.05) is 0 Å². The summed E-state index contributed by atoms with van der Waals surface area (Å²) in [5, 5.41) is 8.37. The normalized spacial score (nSPS) is 7.67. The van der Waals surface area contributed by atoms with Gasteiger partial charge in [-0.3, -0.25) is 4.79 Å². The van der Waals surface area contributed by atoms with Crippen LogP contribution >= 0.6 is 0 Å². The van der Waals surface area contributed by atoms with Gasteiger partial charge >= 0.3 is 52.6 Å². The topological polar surface area (TPSA) is 37.3 Å². The molecule has 0 aliphatic heterocycles. The first-order valence-corrected chi connectivity index (χ1v) is 3.05. The molecule has 2 nitrogen and oxygen atoms in total. The van der Waals surface area contributed by atoms with E-state index >= 15 is 0 Å². The molecule has 0 unspecified atom stereocenters. The minimum atomic E-state index is -0.786. The predicted octanol–water partition coefficient (Wildman–Crippen LogP) is -0.251. The molecular weight excluding hydrogens is 230 g/mol. The summed E-state index contributed by atoms with van der Waals surface area (Å²) < 4.78 is 0. The third kappa shape index (κ3) is 5.81. The van der Waals surface area contributed by atoms with E-state index in [1.165, 1.54) is 0 Å². The maximum atomic E-state index is 10.2. The molecule has 1 N–H and O–H groups in total. The zero-order valence-electron chi connectivity index (χ0n) is 5.95. The predicted molar refractivity (Wildman–Crippen MR) is 53.5 cm³/mol. The van der Waals surface area contributed by atoms with Crippen molar-refractivity contribution in [2.45, 2.75) is 6.42 Å². The number of hydrogen-bond acceptors (Lipinski definition) is 1. The van der Waals surface area contributed by atoms with Crippen LogP contribution in [0, 0.1) is 0 Å². The van der Waals surface area contributed by atoms with E-state index in [1.54, 1.807) is 12.1 Å². The Morgan fingerprint density at radius 1 is 1.25 bits per heavy atom. The van der Waals surface area contributed by atoms with E-state index in [2.05, 4.69) is 0 Å². The minimum absolute atomic E-state index is 0. The van der Waals surface area contributed by atoms with E-state index in [0.717, 1.165) is 5.56 Å². The summed E-state index contributed by atoms with van der Waals surface area (Å²) in [6, 6.07) is 9.13. The van der Waals surface area contributed by atoms with Crippen LogP contribution in [0.1, 0.15) is 5.56 Å². The van der Waals surface area contributed by atoms with E-state index in [9.17, 15) is 4.79 Å². The Labute approximate surface area is 104 Å². The van der Waals surface area contributed by atoms with Crippen molar-refractivity contribution in [3.8, 4) is 0 Å². The van der Waals surface area contributed by atoms with Crippen molar-refractivity contribution in [3.63, 3.8) is 0 Å². The van der Waals surface area contributed by atoms with E-state index in [0.29, 0.717) is 0 Å². The molecule has 1 aromatic rings. The molecular formula is C8H11NaO2Se. The number of hydrogen-bond donors (Lipinski definition) is 1. The first kappa shape index (κ1) is 14.7. The fourth-order valence-electron chi connectivity index (χ4n) is 0.770. The molecule has 0 aliphatic rings. The number of aliphatic carboxylic acids is 1. The van der Waals surface area contributed by atoms with E-state index in [1.807, 2.05) is 18.2 Å². The van der Waals surface area contributed by atoms with Crippen LogP contribution < -0.4 is 0 Å². The van der Waals surface area contributed by atoms with Gasteiger partial charge in [0.15, 0.2) is 0 Å². The van der Waals surface area contributed by atoms with Gasteiger partial charge in [0.2, 0.25) is 0 Å². The van der Waals surface area contributed by atoms with Crippen LogP contribution in [0.2, 0.25) is 0 Å². The van der Waals surface area contributed by atoms with Gasteiger partial charge in [-0.1, -0.05) is 30.3 Å². The van der Waals surface area contributed by atoms with Gasteiger partial charge in [0, 0.05) is 0 Å². The Kier molecular flexibility index (Phi) is 9.61. The molecule has 0 aromatic heterocycles. The van der Waals surface area contributed by atoms with Crippen LogP contribution in [0.5, 0.6) is 0 Å². The number of carbonyl (C=O) groups is 1. The molecule has 1 aromatic carbocycles. The van der Waals surface area contributed by atoms with Gasteiger partial charge in [-0.25, -0.2) is 0 Å². The molecule has 0 atom stereocenters. The summed E-state index contributed by atoms with van der Waals surface area (Å²) >= 11 is 0. The Balaban J connectivity index is 0. The SMILES string of the molecule is O=C(O)Cc1ccccc1.[NaH].[SeH2]. The summed E-state index contributed by atoms with van der Waals surface area (Å²) in [5.41, 5.74) is 0.843. The molecule has 0 saturated heterocycles. The number of carboxylic acid groups (broad SMARTS) is 1. The maximum absolute atomic E-state index is 10.2. The zero-order valence-corrected chi connectivity index (χ0v) is 8.05. The fourth-order valence-corrected chi connectivity index (χ4v) is 0.770. The standard InChI is InChI=1S/C8H8O2.Na.H2Se.H/c9-8(10)6-7-4-2-1-3-5-7;;;/h1-5H,6H2,(H,9,10);;1H2;. The van der Waals surface area contributed by atoms with Crippen LogP contribution in [-0.2, 0) is 11.2 Å². The molecule has 0 amide bonds. The average molecular weight is 241 g/mol. The van der Waals surface area contributed by atoms with Crippen LogP contribution in [0.3, 0.4) is 0 Å². The van der Waals surface area contributed by atoms with E-state index in [4.69, 9.17) is 5.11 Å². The zero-order chi connectivity index (χ0) is 7.40. The summed E-state index contributed by atoms with van der Waals surface area (Å²) in [7, 11) is 0. The second-order valence-electron chi connectivity index (χ2n) is 2.06. The Morgan fingerprint density at radius 2 is 1.75 bits per heavy atom. The van der Waals surface area contributed by atoms with Crippen molar-refractivity contribution in [1.29, 1.82) is 0 Å². The van der Waals surface area contributed by atoms with Crippen molar-refractivity contribution >= 4 is 52.6 Å². The van der Waals surface area contributed by atoms with Crippen LogP contribution in [-0.4, -0.2) is 57.7 Å². The summed E-state index contributed by atoms with van der Waals surface area (Å²) in [6.45, 7) is 0. The van der Waals surface area contributed by atoms with Crippen molar-refractivity contribution in [2.24, 2.45) is 0 Å². The summed E-state index contributed by atoms with van der Waals surface area (Å²) in [6.07, 6.45) is 0.112. The third-order valence-electron chi connectivity index (χ3n) is 1.20. The first-order valence-electron chi connectivity index (χ1n) is 3.05. The van der Waals surface area contributed by atoms with Gasteiger partial charge < -0.3 is 5.11 Å². The average Bonchev–Trinajstić information content (AvgIpc) is 1.88. The fraction of sp³-hybridized carbons (Fsp3) is 0.125. The van der Waals surface area contributed by atoms with Gasteiger partial charge in [0.1, 0.15) is 0 Å². The second-order valence-corrected chi connectivity index (χ2v) is 2.06. The first-order chi connectivity index (χ1) is 4.79. The summed E-state index contributed by atoms with van der Waals surface area (Å²) in [4.78, 5) is 10.2. The molecule has 0 radical (unpaired) electrons. The molecule has 4 heteroatoms. The van der Waals surface area contributed by atoms with Crippen LogP contribution in [0.4, 0.5) is 0 Å². The molecule has 62 valence electrons. The monoisotopic (exact) mass is 242 g/mol. The van der Waals surface area contributed by atoms with E-state index in [-0.39, 0.29) is 53.0 Å². The third-order valence-corrected chi connectivity index (χ3v) is 1.20. The van der Waals surface area contributed by atoms with Crippen molar-refractivity contribution < 1.29 is 9.90 Å².